The Balaban J connectivity index is 2.10. The predicted octanol–water partition coefficient (Wildman–Crippen LogP) is 3.83. The molecule has 6 heteroatoms. The van der Waals surface area contributed by atoms with Crippen molar-refractivity contribution in [3.8, 4) is 10.6 Å². The van der Waals surface area contributed by atoms with Crippen LogP contribution in [0.2, 0.25) is 0 Å². The third-order valence-corrected chi connectivity index (χ3v) is 5.00. The van der Waals surface area contributed by atoms with Crippen molar-refractivity contribution in [1.29, 1.82) is 0 Å². The predicted molar refractivity (Wildman–Crippen MR) is 73.9 cm³/mol. The maximum absolute atomic E-state index is 13.9. The van der Waals surface area contributed by atoms with E-state index in [0.29, 0.717) is 33.6 Å². The highest BCUT2D eigenvalue weighted by atomic mass is 79.9. The number of halogens is 2. The van der Waals surface area contributed by atoms with Crippen LogP contribution in [0.5, 0.6) is 0 Å². The molecule has 0 spiro atoms. The fourth-order valence-corrected chi connectivity index (χ4v) is 4.14. The van der Waals surface area contributed by atoms with E-state index >= 15 is 0 Å². The van der Waals surface area contributed by atoms with E-state index in [-0.39, 0.29) is 5.82 Å². The van der Waals surface area contributed by atoms with Gasteiger partial charge in [0.1, 0.15) is 16.7 Å². The molecular formula is C13H9BrFNO2S. The van der Waals surface area contributed by atoms with E-state index in [9.17, 15) is 9.18 Å². The van der Waals surface area contributed by atoms with Gasteiger partial charge in [-0.1, -0.05) is 6.07 Å². The monoisotopic (exact) mass is 341 g/mol. The first kappa shape index (κ1) is 12.7. The van der Waals surface area contributed by atoms with Crippen LogP contribution in [0, 0.1) is 5.82 Å². The molecule has 1 aromatic heterocycles. The number of aryl methyl sites for hydroxylation is 1. The van der Waals surface area contributed by atoms with Crippen molar-refractivity contribution in [3.05, 3.63) is 39.1 Å². The van der Waals surface area contributed by atoms with Crippen LogP contribution in [0.1, 0.15) is 22.9 Å². The Morgan fingerprint density at radius 3 is 3.00 bits per heavy atom. The van der Waals surface area contributed by atoms with Gasteiger partial charge in [0, 0.05) is 9.35 Å². The SMILES string of the molecule is O=C(O)C1CCc2sc(-c3c(F)cccc3Br)nc21. The van der Waals surface area contributed by atoms with Crippen molar-refractivity contribution < 1.29 is 14.3 Å². The molecule has 1 aliphatic rings. The van der Waals surface area contributed by atoms with E-state index in [2.05, 4.69) is 20.9 Å². The molecule has 0 aliphatic heterocycles. The van der Waals surface area contributed by atoms with Gasteiger partial charge in [-0.3, -0.25) is 4.79 Å². The van der Waals surface area contributed by atoms with Crippen molar-refractivity contribution in [3.63, 3.8) is 0 Å². The second-order valence-electron chi connectivity index (χ2n) is 4.35. The van der Waals surface area contributed by atoms with Crippen molar-refractivity contribution in [1.82, 2.24) is 4.98 Å². The number of carboxylic acid groups (broad SMARTS) is 1. The highest BCUT2D eigenvalue weighted by Gasteiger charge is 2.33. The third-order valence-electron chi connectivity index (χ3n) is 3.19. The zero-order chi connectivity index (χ0) is 13.6. The minimum atomic E-state index is -0.858. The van der Waals surface area contributed by atoms with Crippen LogP contribution < -0.4 is 0 Å². The molecule has 2 aromatic rings. The molecule has 1 heterocycles. The van der Waals surface area contributed by atoms with Crippen LogP contribution in [0.25, 0.3) is 10.6 Å². The van der Waals surface area contributed by atoms with Gasteiger partial charge in [0.05, 0.1) is 11.3 Å². The summed E-state index contributed by atoms with van der Waals surface area (Å²) in [7, 11) is 0. The summed E-state index contributed by atoms with van der Waals surface area (Å²) < 4.78 is 14.5. The first-order valence-corrected chi connectivity index (χ1v) is 7.35. The fraction of sp³-hybridized carbons (Fsp3) is 0.231. The number of rotatable bonds is 2. The maximum atomic E-state index is 13.9. The molecule has 1 N–H and O–H groups in total. The number of aromatic nitrogens is 1. The quantitative estimate of drug-likeness (QED) is 0.903. The minimum Gasteiger partial charge on any atom is -0.481 e. The molecule has 1 atom stereocenters. The number of carbonyl (C=O) groups is 1. The number of thiazole rings is 1. The molecular weight excluding hydrogens is 333 g/mol. The summed E-state index contributed by atoms with van der Waals surface area (Å²) in [4.78, 5) is 16.4. The molecule has 0 fully saturated rings. The largest absolute Gasteiger partial charge is 0.481 e. The maximum Gasteiger partial charge on any atom is 0.312 e. The van der Waals surface area contributed by atoms with Crippen LogP contribution >= 0.6 is 27.3 Å². The summed E-state index contributed by atoms with van der Waals surface area (Å²) in [6.07, 6.45) is 1.29. The first-order valence-electron chi connectivity index (χ1n) is 5.74. The fourth-order valence-electron chi connectivity index (χ4n) is 2.28. The Bertz CT molecular complexity index is 650. The normalized spacial score (nSPS) is 17.5. The molecule has 0 saturated carbocycles. The van der Waals surface area contributed by atoms with Crippen LogP contribution in [-0.4, -0.2) is 16.1 Å². The van der Waals surface area contributed by atoms with Gasteiger partial charge in [0.15, 0.2) is 0 Å². The Morgan fingerprint density at radius 1 is 1.53 bits per heavy atom. The highest BCUT2D eigenvalue weighted by molar-refractivity contribution is 9.10. The molecule has 0 radical (unpaired) electrons. The van der Waals surface area contributed by atoms with E-state index in [1.165, 1.54) is 17.4 Å². The van der Waals surface area contributed by atoms with Gasteiger partial charge in [-0.05, 0) is 40.9 Å². The summed E-state index contributed by atoms with van der Waals surface area (Å²) in [5, 5.41) is 9.67. The summed E-state index contributed by atoms with van der Waals surface area (Å²) in [6.45, 7) is 0. The molecule has 0 bridgehead atoms. The van der Waals surface area contributed by atoms with Crippen LogP contribution in [0.3, 0.4) is 0 Å². The van der Waals surface area contributed by atoms with Crippen molar-refractivity contribution in [2.45, 2.75) is 18.8 Å². The van der Waals surface area contributed by atoms with Gasteiger partial charge in [0.2, 0.25) is 0 Å². The highest BCUT2D eigenvalue weighted by Crippen LogP contribution is 2.42. The van der Waals surface area contributed by atoms with E-state index in [1.54, 1.807) is 12.1 Å². The number of nitrogens with zero attached hydrogens (tertiary/aromatic N) is 1. The molecule has 1 aromatic carbocycles. The van der Waals surface area contributed by atoms with Crippen LogP contribution in [-0.2, 0) is 11.2 Å². The van der Waals surface area contributed by atoms with Crippen LogP contribution in [0.4, 0.5) is 4.39 Å². The molecule has 98 valence electrons. The second kappa shape index (κ2) is 4.68. The number of hydrogen-bond donors (Lipinski definition) is 1. The number of carboxylic acids is 1. The van der Waals surface area contributed by atoms with Crippen molar-refractivity contribution >= 4 is 33.2 Å². The molecule has 0 amide bonds. The standard InChI is InChI=1S/C13H9BrFNO2S/c14-7-2-1-3-8(15)10(7)12-16-11-6(13(17)18)4-5-9(11)19-12/h1-3,6H,4-5H2,(H,17,18). The zero-order valence-corrected chi connectivity index (χ0v) is 12.1. The van der Waals surface area contributed by atoms with Gasteiger partial charge in [-0.15, -0.1) is 11.3 Å². The summed E-state index contributed by atoms with van der Waals surface area (Å²) in [6, 6.07) is 4.74. The summed E-state index contributed by atoms with van der Waals surface area (Å²) in [5.41, 5.74) is 1.01. The van der Waals surface area contributed by atoms with Gasteiger partial charge >= 0.3 is 5.97 Å². The Kier molecular flexibility index (Phi) is 3.14. The molecule has 3 nitrogen and oxygen atoms in total. The molecule has 1 aliphatic carbocycles. The van der Waals surface area contributed by atoms with E-state index in [1.807, 2.05) is 0 Å². The van der Waals surface area contributed by atoms with Crippen LogP contribution in [0.15, 0.2) is 22.7 Å². The average molecular weight is 342 g/mol. The lowest BCUT2D eigenvalue weighted by atomic mass is 10.1. The van der Waals surface area contributed by atoms with E-state index in [0.717, 1.165) is 4.88 Å². The molecule has 3 rings (SSSR count). The van der Waals surface area contributed by atoms with E-state index in [4.69, 9.17) is 5.11 Å². The Hall–Kier alpha value is -1.27. The van der Waals surface area contributed by atoms with Gasteiger partial charge in [-0.25, -0.2) is 9.37 Å². The van der Waals surface area contributed by atoms with Gasteiger partial charge in [-0.2, -0.15) is 0 Å². The average Bonchev–Trinajstić information content (AvgIpc) is 2.87. The number of aliphatic carboxylic acids is 1. The molecule has 1 unspecified atom stereocenters. The lowest BCUT2D eigenvalue weighted by Crippen LogP contribution is -2.08. The van der Waals surface area contributed by atoms with Gasteiger partial charge < -0.3 is 5.11 Å². The first-order chi connectivity index (χ1) is 9.08. The van der Waals surface area contributed by atoms with Crippen molar-refractivity contribution in [2.24, 2.45) is 0 Å². The Labute approximate surface area is 121 Å². The van der Waals surface area contributed by atoms with Gasteiger partial charge in [0.25, 0.3) is 0 Å². The number of hydrogen-bond acceptors (Lipinski definition) is 3. The minimum absolute atomic E-state index is 0.353. The second-order valence-corrected chi connectivity index (χ2v) is 6.29. The lowest BCUT2D eigenvalue weighted by molar-refractivity contribution is -0.138. The number of benzene rings is 1. The third kappa shape index (κ3) is 2.08. The smallest absolute Gasteiger partial charge is 0.312 e. The summed E-state index contributed by atoms with van der Waals surface area (Å²) in [5.74, 6) is -1.76. The zero-order valence-electron chi connectivity index (χ0n) is 9.69. The topological polar surface area (TPSA) is 50.2 Å². The number of fused-ring (bicyclic) bond motifs is 1. The molecule has 19 heavy (non-hydrogen) atoms. The molecule has 0 saturated heterocycles. The van der Waals surface area contributed by atoms with E-state index < -0.39 is 11.9 Å². The summed E-state index contributed by atoms with van der Waals surface area (Å²) >= 11 is 4.69. The lowest BCUT2D eigenvalue weighted by Gasteiger charge is -2.04. The Morgan fingerprint density at radius 2 is 2.32 bits per heavy atom. The van der Waals surface area contributed by atoms with Crippen molar-refractivity contribution in [2.75, 3.05) is 0 Å².